The van der Waals surface area contributed by atoms with Crippen LogP contribution in [0.25, 0.3) is 0 Å². The fraction of sp³-hybridized carbons (Fsp3) is 0.684. The van der Waals surface area contributed by atoms with E-state index in [1.54, 1.807) is 5.01 Å². The number of carbonyl (C=O) groups is 1. The van der Waals surface area contributed by atoms with Gasteiger partial charge in [0.1, 0.15) is 11.7 Å². The minimum atomic E-state index is -0.457. The summed E-state index contributed by atoms with van der Waals surface area (Å²) in [6, 6.07) is 3.85. The van der Waals surface area contributed by atoms with E-state index in [0.29, 0.717) is 32.1 Å². The van der Waals surface area contributed by atoms with E-state index in [9.17, 15) is 9.90 Å². The van der Waals surface area contributed by atoms with E-state index in [2.05, 4.69) is 27.5 Å². The number of nitrogens with zero attached hydrogens (tertiary/aromatic N) is 5. The number of thiophene rings is 1. The summed E-state index contributed by atoms with van der Waals surface area (Å²) in [6.07, 6.45) is 6.65. The molecule has 1 aliphatic heterocycles. The molecule has 1 atom stereocenters. The molecule has 2 aromatic heterocycles. The van der Waals surface area contributed by atoms with Crippen LogP contribution in [-0.4, -0.2) is 56.5 Å². The molecule has 1 unspecified atom stereocenters. The van der Waals surface area contributed by atoms with Gasteiger partial charge in [-0.25, -0.2) is 5.01 Å². The Hall–Kier alpha value is -1.88. The number of aromatic amines is 1. The second kappa shape index (κ2) is 11.3. The zero-order valence-electron chi connectivity index (χ0n) is 16.9. The van der Waals surface area contributed by atoms with Gasteiger partial charge in [0, 0.05) is 30.9 Å². The van der Waals surface area contributed by atoms with E-state index in [1.807, 2.05) is 17.1 Å². The first kappa shape index (κ1) is 21.8. The van der Waals surface area contributed by atoms with Crippen LogP contribution in [0.2, 0.25) is 0 Å². The number of hydrogen-bond acceptors (Lipinski definition) is 8. The number of nitrogens with one attached hydrogen (secondary N) is 1. The number of aliphatic hydroxyl groups is 1. The quantitative estimate of drug-likeness (QED) is 0.478. The van der Waals surface area contributed by atoms with Crippen LogP contribution >= 0.6 is 11.3 Å². The number of ether oxygens (including phenoxy) is 1. The molecule has 0 spiro atoms. The molecule has 0 aromatic carbocycles. The lowest BCUT2D eigenvalue weighted by molar-refractivity contribution is -0.118. The maximum atomic E-state index is 12.4. The SMILES string of the molecule is CCCCCC(O)c1ccc(N2C(=O)CCN2COCCCCc2nn[nH]n2)s1. The largest absolute Gasteiger partial charge is 0.388 e. The highest BCUT2D eigenvalue weighted by Gasteiger charge is 2.31. The maximum Gasteiger partial charge on any atom is 0.243 e. The predicted octanol–water partition coefficient (Wildman–Crippen LogP) is 2.83. The highest BCUT2D eigenvalue weighted by atomic mass is 32.1. The molecule has 3 rings (SSSR count). The van der Waals surface area contributed by atoms with Crippen molar-refractivity contribution in [2.45, 2.75) is 64.4 Å². The Morgan fingerprint density at radius 1 is 1.31 bits per heavy atom. The number of tetrazole rings is 1. The van der Waals surface area contributed by atoms with Gasteiger partial charge in [-0.05, 0) is 31.4 Å². The molecule has 2 aromatic rings. The molecule has 1 saturated heterocycles. The van der Waals surface area contributed by atoms with E-state index < -0.39 is 6.10 Å². The van der Waals surface area contributed by atoms with Gasteiger partial charge < -0.3 is 9.84 Å². The van der Waals surface area contributed by atoms with Gasteiger partial charge in [0.05, 0.1) is 6.10 Å². The second-order valence-electron chi connectivity index (χ2n) is 7.20. The van der Waals surface area contributed by atoms with Crippen molar-refractivity contribution in [3.05, 3.63) is 22.8 Å². The van der Waals surface area contributed by atoms with E-state index >= 15 is 0 Å². The van der Waals surface area contributed by atoms with Crippen LogP contribution in [0.5, 0.6) is 0 Å². The van der Waals surface area contributed by atoms with Gasteiger partial charge in [0.2, 0.25) is 5.91 Å². The number of anilines is 1. The average Bonchev–Trinajstić information content (AvgIpc) is 3.46. The van der Waals surface area contributed by atoms with E-state index in [-0.39, 0.29) is 5.91 Å². The summed E-state index contributed by atoms with van der Waals surface area (Å²) in [5, 5.41) is 28.7. The summed E-state index contributed by atoms with van der Waals surface area (Å²) >= 11 is 1.48. The van der Waals surface area contributed by atoms with E-state index in [4.69, 9.17) is 4.74 Å². The number of amides is 1. The van der Waals surface area contributed by atoms with Crippen molar-refractivity contribution in [1.82, 2.24) is 25.6 Å². The number of carbonyl (C=O) groups excluding carboxylic acids is 1. The van der Waals surface area contributed by atoms with Gasteiger partial charge in [-0.15, -0.1) is 21.5 Å². The van der Waals surface area contributed by atoms with Crippen LogP contribution < -0.4 is 5.01 Å². The van der Waals surface area contributed by atoms with Crippen LogP contribution in [0.1, 0.15) is 68.7 Å². The van der Waals surface area contributed by atoms with Gasteiger partial charge in [0.25, 0.3) is 0 Å². The number of hydrazine groups is 1. The zero-order valence-corrected chi connectivity index (χ0v) is 17.7. The van der Waals surface area contributed by atoms with Crippen molar-refractivity contribution in [3.8, 4) is 0 Å². The highest BCUT2D eigenvalue weighted by Crippen LogP contribution is 2.35. The van der Waals surface area contributed by atoms with Crippen LogP contribution in [0.4, 0.5) is 5.00 Å². The number of aromatic nitrogens is 4. The lowest BCUT2D eigenvalue weighted by Crippen LogP contribution is -2.40. The molecule has 29 heavy (non-hydrogen) atoms. The third-order valence-electron chi connectivity index (χ3n) is 4.90. The second-order valence-corrected chi connectivity index (χ2v) is 8.29. The Morgan fingerprint density at radius 3 is 3.00 bits per heavy atom. The number of H-pyrrole nitrogens is 1. The Labute approximate surface area is 175 Å². The summed E-state index contributed by atoms with van der Waals surface area (Å²) in [5.74, 6) is 0.784. The summed E-state index contributed by atoms with van der Waals surface area (Å²) in [5.41, 5.74) is 0. The summed E-state index contributed by atoms with van der Waals surface area (Å²) in [7, 11) is 0. The Kier molecular flexibility index (Phi) is 8.53. The average molecular weight is 423 g/mol. The number of hydrogen-bond donors (Lipinski definition) is 2. The van der Waals surface area contributed by atoms with Gasteiger partial charge in [0.15, 0.2) is 5.82 Å². The first-order chi connectivity index (χ1) is 14.2. The smallest absolute Gasteiger partial charge is 0.243 e. The summed E-state index contributed by atoms with van der Waals surface area (Å²) in [6.45, 7) is 3.79. The Bertz CT molecular complexity index is 738. The molecule has 0 saturated carbocycles. The number of aryl methyl sites for hydroxylation is 1. The van der Waals surface area contributed by atoms with Crippen LogP contribution in [0.3, 0.4) is 0 Å². The first-order valence-corrected chi connectivity index (χ1v) is 11.2. The van der Waals surface area contributed by atoms with Crippen molar-refractivity contribution in [1.29, 1.82) is 0 Å². The molecular formula is C19H30N6O3S. The molecule has 0 bridgehead atoms. The van der Waals surface area contributed by atoms with Crippen LogP contribution in [0.15, 0.2) is 12.1 Å². The Morgan fingerprint density at radius 2 is 2.21 bits per heavy atom. The molecular weight excluding hydrogens is 392 g/mol. The van der Waals surface area contributed by atoms with Crippen molar-refractivity contribution < 1.29 is 14.6 Å². The Balaban J connectivity index is 1.43. The van der Waals surface area contributed by atoms with Gasteiger partial charge in [-0.1, -0.05) is 31.4 Å². The number of unbranched alkanes of at least 4 members (excludes halogenated alkanes) is 3. The van der Waals surface area contributed by atoms with Gasteiger partial charge in [-0.2, -0.15) is 10.2 Å². The van der Waals surface area contributed by atoms with Crippen molar-refractivity contribution in [2.75, 3.05) is 24.9 Å². The topological polar surface area (TPSA) is 107 Å². The fourth-order valence-corrected chi connectivity index (χ4v) is 4.35. The van der Waals surface area contributed by atoms with Crippen LogP contribution in [0, 0.1) is 0 Å². The molecule has 10 heteroatoms. The van der Waals surface area contributed by atoms with Crippen molar-refractivity contribution in [3.63, 3.8) is 0 Å². The lowest BCUT2D eigenvalue weighted by Gasteiger charge is -2.26. The maximum absolute atomic E-state index is 12.4. The normalized spacial score (nSPS) is 16.1. The van der Waals surface area contributed by atoms with Gasteiger partial charge in [-0.3, -0.25) is 4.79 Å². The standard InChI is InChI=1S/C19H30N6O3S/c1-2-3-4-7-15(26)16-9-10-19(29-16)25-18(27)11-12-24(25)14-28-13-6-5-8-17-20-22-23-21-17/h9-10,15,26H,2-8,11-14H2,1H3,(H,20,21,22,23). The molecule has 0 aliphatic carbocycles. The highest BCUT2D eigenvalue weighted by molar-refractivity contribution is 7.16. The monoisotopic (exact) mass is 422 g/mol. The van der Waals surface area contributed by atoms with Crippen molar-refractivity contribution >= 4 is 22.2 Å². The first-order valence-electron chi connectivity index (χ1n) is 10.3. The summed E-state index contributed by atoms with van der Waals surface area (Å²) < 4.78 is 5.78. The fourth-order valence-electron chi connectivity index (χ4n) is 3.28. The van der Waals surface area contributed by atoms with Gasteiger partial charge >= 0.3 is 0 Å². The summed E-state index contributed by atoms with van der Waals surface area (Å²) in [4.78, 5) is 13.3. The molecule has 1 fully saturated rings. The minimum absolute atomic E-state index is 0.0691. The number of rotatable bonds is 13. The predicted molar refractivity (Wildman–Crippen MR) is 110 cm³/mol. The van der Waals surface area contributed by atoms with Crippen molar-refractivity contribution in [2.24, 2.45) is 0 Å². The molecule has 1 amide bonds. The zero-order chi connectivity index (χ0) is 20.5. The molecule has 9 nitrogen and oxygen atoms in total. The molecule has 2 N–H and O–H groups in total. The van der Waals surface area contributed by atoms with E-state index in [1.165, 1.54) is 11.3 Å². The molecule has 160 valence electrons. The third kappa shape index (κ3) is 6.30. The lowest BCUT2D eigenvalue weighted by atomic mass is 10.1. The minimum Gasteiger partial charge on any atom is -0.388 e. The third-order valence-corrected chi connectivity index (χ3v) is 6.06. The molecule has 0 radical (unpaired) electrons. The van der Waals surface area contributed by atoms with E-state index in [0.717, 1.165) is 54.8 Å². The number of aliphatic hydroxyl groups excluding tert-OH is 1. The molecule has 3 heterocycles. The van der Waals surface area contributed by atoms with Crippen LogP contribution in [-0.2, 0) is 16.0 Å². The molecule has 1 aliphatic rings.